The molecule has 0 radical (unpaired) electrons. The molecule has 3 aromatic heterocycles. The van der Waals surface area contributed by atoms with Crippen molar-refractivity contribution in [3.63, 3.8) is 0 Å². The molecule has 0 fully saturated rings. The lowest BCUT2D eigenvalue weighted by Gasteiger charge is -2.06. The maximum atomic E-state index is 12.7. The first kappa shape index (κ1) is 16.2. The van der Waals surface area contributed by atoms with Gasteiger partial charge in [0.2, 0.25) is 0 Å². The molecule has 0 saturated carbocycles. The van der Waals surface area contributed by atoms with Gasteiger partial charge in [0.05, 0.1) is 28.8 Å². The highest BCUT2D eigenvalue weighted by Crippen LogP contribution is 2.33. The van der Waals surface area contributed by atoms with Gasteiger partial charge in [-0.3, -0.25) is 4.79 Å². The van der Waals surface area contributed by atoms with Crippen LogP contribution in [-0.2, 0) is 0 Å². The van der Waals surface area contributed by atoms with E-state index in [-0.39, 0.29) is 5.91 Å². The molecule has 1 amide bonds. The predicted octanol–water partition coefficient (Wildman–Crippen LogP) is 3.85. The Morgan fingerprint density at radius 2 is 2.00 bits per heavy atom. The molecule has 0 bridgehead atoms. The highest BCUT2D eigenvalue weighted by molar-refractivity contribution is 7.14. The Bertz CT molecular complexity index is 1060. The number of rotatable bonds is 4. The van der Waals surface area contributed by atoms with Crippen molar-refractivity contribution < 1.29 is 9.32 Å². The van der Waals surface area contributed by atoms with E-state index >= 15 is 0 Å². The molecule has 0 aliphatic heterocycles. The molecule has 0 saturated heterocycles. The topological polar surface area (TPSA) is 85.8 Å². The van der Waals surface area contributed by atoms with Crippen LogP contribution in [0.25, 0.3) is 16.5 Å². The summed E-state index contributed by atoms with van der Waals surface area (Å²) in [5, 5.41) is 12.9. The number of thiophene rings is 1. The third kappa shape index (κ3) is 2.91. The molecule has 0 unspecified atom stereocenters. The molecule has 0 spiro atoms. The van der Waals surface area contributed by atoms with Crippen LogP contribution in [0.4, 0.5) is 5.69 Å². The molecule has 130 valence electrons. The summed E-state index contributed by atoms with van der Waals surface area (Å²) >= 11 is 1.43. The van der Waals surface area contributed by atoms with Gasteiger partial charge in [-0.2, -0.15) is 10.1 Å². The molecule has 0 atom stereocenters. The van der Waals surface area contributed by atoms with E-state index in [9.17, 15) is 4.79 Å². The summed E-state index contributed by atoms with van der Waals surface area (Å²) in [7, 11) is 0. The summed E-state index contributed by atoms with van der Waals surface area (Å²) in [6.07, 6.45) is 1.57. The summed E-state index contributed by atoms with van der Waals surface area (Å²) in [4.78, 5) is 17.7. The quantitative estimate of drug-likeness (QED) is 0.594. The van der Waals surface area contributed by atoms with E-state index in [1.807, 2.05) is 48.7 Å². The Hall–Kier alpha value is -3.26. The number of carbonyl (C=O) groups is 1. The zero-order chi connectivity index (χ0) is 18.1. The lowest BCUT2D eigenvalue weighted by Crippen LogP contribution is -2.13. The van der Waals surface area contributed by atoms with E-state index in [4.69, 9.17) is 4.52 Å². The van der Waals surface area contributed by atoms with Gasteiger partial charge in [0.15, 0.2) is 5.82 Å². The van der Waals surface area contributed by atoms with Crippen LogP contribution >= 0.6 is 11.3 Å². The second-order valence-electron chi connectivity index (χ2n) is 5.66. The first-order chi connectivity index (χ1) is 12.6. The molecule has 8 heteroatoms. The minimum Gasteiger partial charge on any atom is -0.333 e. The number of nitrogens with zero attached hydrogens (tertiary/aromatic N) is 4. The van der Waals surface area contributed by atoms with Crippen molar-refractivity contribution in [3.05, 3.63) is 65.1 Å². The second kappa shape index (κ2) is 6.57. The van der Waals surface area contributed by atoms with Gasteiger partial charge in [0, 0.05) is 0 Å². The first-order valence-corrected chi connectivity index (χ1v) is 8.81. The number of carbonyl (C=O) groups excluding carboxylic acids is 1. The lowest BCUT2D eigenvalue weighted by molar-refractivity contribution is 0.102. The van der Waals surface area contributed by atoms with E-state index in [0.717, 1.165) is 16.3 Å². The molecular formula is C18H15N5O2S. The number of amides is 1. The highest BCUT2D eigenvalue weighted by Gasteiger charge is 2.19. The van der Waals surface area contributed by atoms with Crippen LogP contribution in [-0.4, -0.2) is 25.8 Å². The third-order valence-corrected chi connectivity index (χ3v) is 4.79. The van der Waals surface area contributed by atoms with Crippen LogP contribution in [0, 0.1) is 13.8 Å². The van der Waals surface area contributed by atoms with E-state index in [0.29, 0.717) is 23.0 Å². The van der Waals surface area contributed by atoms with Gasteiger partial charge in [0.25, 0.3) is 11.8 Å². The molecule has 4 aromatic rings. The standard InChI is InChI=1S/C18H15N5O2S/c1-11-14(10-19-23(11)13-6-4-3-5-7-13)17(24)21-15-8-9-26-16(15)18-20-12(2)22-25-18/h3-10H,1-2H3,(H,21,24). The minimum absolute atomic E-state index is 0.236. The Kier molecular flexibility index (Phi) is 4.10. The van der Waals surface area contributed by atoms with Crippen molar-refractivity contribution in [1.29, 1.82) is 0 Å². The summed E-state index contributed by atoms with van der Waals surface area (Å²) < 4.78 is 6.94. The molecule has 1 aromatic carbocycles. The number of aromatic nitrogens is 4. The summed E-state index contributed by atoms with van der Waals surface area (Å²) in [5.74, 6) is 0.704. The SMILES string of the molecule is Cc1noc(-c2sccc2NC(=O)c2cnn(-c3ccccc3)c2C)n1. The fourth-order valence-corrected chi connectivity index (χ4v) is 3.38. The third-order valence-electron chi connectivity index (χ3n) is 3.89. The summed E-state index contributed by atoms with van der Waals surface area (Å²) in [6.45, 7) is 3.62. The smallest absolute Gasteiger partial charge is 0.270 e. The lowest BCUT2D eigenvalue weighted by atomic mass is 10.2. The highest BCUT2D eigenvalue weighted by atomic mass is 32.1. The van der Waals surface area contributed by atoms with Crippen LogP contribution in [0.5, 0.6) is 0 Å². The molecule has 3 heterocycles. The van der Waals surface area contributed by atoms with E-state index in [1.165, 1.54) is 11.3 Å². The summed E-state index contributed by atoms with van der Waals surface area (Å²) in [6, 6.07) is 11.5. The second-order valence-corrected chi connectivity index (χ2v) is 6.57. The monoisotopic (exact) mass is 365 g/mol. The largest absolute Gasteiger partial charge is 0.333 e. The number of hydrogen-bond acceptors (Lipinski definition) is 6. The van der Waals surface area contributed by atoms with Gasteiger partial charge < -0.3 is 9.84 Å². The van der Waals surface area contributed by atoms with Crippen LogP contribution in [0.15, 0.2) is 52.5 Å². The van der Waals surface area contributed by atoms with Gasteiger partial charge in [-0.1, -0.05) is 23.4 Å². The average molecular weight is 365 g/mol. The fourth-order valence-electron chi connectivity index (χ4n) is 2.61. The number of anilines is 1. The molecule has 26 heavy (non-hydrogen) atoms. The minimum atomic E-state index is -0.236. The van der Waals surface area contributed by atoms with Crippen molar-refractivity contribution in [3.8, 4) is 16.5 Å². The molecular weight excluding hydrogens is 350 g/mol. The van der Waals surface area contributed by atoms with Gasteiger partial charge in [-0.15, -0.1) is 11.3 Å². The van der Waals surface area contributed by atoms with Crippen molar-refractivity contribution >= 4 is 22.9 Å². The van der Waals surface area contributed by atoms with E-state index in [2.05, 4.69) is 20.6 Å². The van der Waals surface area contributed by atoms with Gasteiger partial charge >= 0.3 is 0 Å². The molecule has 7 nitrogen and oxygen atoms in total. The maximum absolute atomic E-state index is 12.7. The zero-order valence-corrected chi connectivity index (χ0v) is 14.9. The maximum Gasteiger partial charge on any atom is 0.270 e. The van der Waals surface area contributed by atoms with Crippen molar-refractivity contribution in [2.24, 2.45) is 0 Å². The van der Waals surface area contributed by atoms with Crippen molar-refractivity contribution in [1.82, 2.24) is 19.9 Å². The Balaban J connectivity index is 1.61. The van der Waals surface area contributed by atoms with E-state index in [1.54, 1.807) is 17.8 Å². The van der Waals surface area contributed by atoms with Gasteiger partial charge in [-0.05, 0) is 37.4 Å². The van der Waals surface area contributed by atoms with Crippen LogP contribution < -0.4 is 5.32 Å². The average Bonchev–Trinajstić information content (AvgIpc) is 3.35. The molecule has 1 N–H and O–H groups in total. The summed E-state index contributed by atoms with van der Waals surface area (Å²) in [5.41, 5.74) is 2.81. The number of aryl methyl sites for hydroxylation is 1. The number of para-hydroxylation sites is 1. The van der Waals surface area contributed by atoms with Crippen LogP contribution in [0.3, 0.4) is 0 Å². The van der Waals surface area contributed by atoms with Gasteiger partial charge in [0.1, 0.15) is 4.88 Å². The normalized spacial score (nSPS) is 10.8. The van der Waals surface area contributed by atoms with Crippen molar-refractivity contribution in [2.45, 2.75) is 13.8 Å². The number of hydrogen-bond donors (Lipinski definition) is 1. The van der Waals surface area contributed by atoms with E-state index < -0.39 is 0 Å². The predicted molar refractivity (Wildman–Crippen MR) is 98.6 cm³/mol. The molecule has 4 rings (SSSR count). The number of nitrogens with one attached hydrogen (secondary N) is 1. The van der Waals surface area contributed by atoms with Crippen LogP contribution in [0.2, 0.25) is 0 Å². The zero-order valence-electron chi connectivity index (χ0n) is 14.1. The van der Waals surface area contributed by atoms with Crippen molar-refractivity contribution in [2.75, 3.05) is 5.32 Å². The van der Waals surface area contributed by atoms with Crippen LogP contribution in [0.1, 0.15) is 21.9 Å². The van der Waals surface area contributed by atoms with Gasteiger partial charge in [-0.25, -0.2) is 4.68 Å². The molecule has 0 aliphatic rings. The first-order valence-electron chi connectivity index (χ1n) is 7.93. The Labute approximate surface area is 153 Å². The molecule has 0 aliphatic carbocycles. The fraction of sp³-hybridized carbons (Fsp3) is 0.111. The Morgan fingerprint density at radius 1 is 1.19 bits per heavy atom. The number of benzene rings is 1. The Morgan fingerprint density at radius 3 is 2.73 bits per heavy atom.